The van der Waals surface area contributed by atoms with Gasteiger partial charge in [0.1, 0.15) is 5.82 Å². The summed E-state index contributed by atoms with van der Waals surface area (Å²) >= 11 is 0. The third kappa shape index (κ3) is 3.12. The predicted molar refractivity (Wildman–Crippen MR) is 80.0 cm³/mol. The molecule has 0 saturated heterocycles. The molecule has 2 heterocycles. The summed E-state index contributed by atoms with van der Waals surface area (Å²) in [6.07, 6.45) is 5.95. The zero-order valence-corrected chi connectivity index (χ0v) is 11.7. The van der Waals surface area contributed by atoms with Crippen molar-refractivity contribution < 1.29 is 4.79 Å². The van der Waals surface area contributed by atoms with Crippen LogP contribution < -0.4 is 10.2 Å². The van der Waals surface area contributed by atoms with Crippen molar-refractivity contribution in [2.75, 3.05) is 23.8 Å². The number of nitrogens with zero attached hydrogens (tertiary/aromatic N) is 3. The largest absolute Gasteiger partial charge is 0.383 e. The van der Waals surface area contributed by atoms with E-state index < -0.39 is 0 Å². The van der Waals surface area contributed by atoms with E-state index in [1.165, 1.54) is 4.90 Å². The van der Waals surface area contributed by atoms with Gasteiger partial charge in [-0.2, -0.15) is 0 Å². The number of rotatable bonds is 5. The van der Waals surface area contributed by atoms with Crippen LogP contribution in [0, 0.1) is 0 Å². The normalized spacial score (nSPS) is 10.1. The van der Waals surface area contributed by atoms with Gasteiger partial charge in [-0.15, -0.1) is 0 Å². The van der Waals surface area contributed by atoms with Crippen LogP contribution in [0.25, 0.3) is 0 Å². The first-order valence-corrected chi connectivity index (χ1v) is 6.61. The molecule has 0 bridgehead atoms. The van der Waals surface area contributed by atoms with Crippen LogP contribution in [0.3, 0.4) is 0 Å². The van der Waals surface area contributed by atoms with Crippen molar-refractivity contribution in [3.05, 3.63) is 48.4 Å². The van der Waals surface area contributed by atoms with E-state index in [1.54, 1.807) is 37.8 Å². The molecule has 0 aliphatic rings. The molecule has 104 valence electrons. The Morgan fingerprint density at radius 1 is 1.30 bits per heavy atom. The van der Waals surface area contributed by atoms with Gasteiger partial charge in [0.15, 0.2) is 0 Å². The number of anilines is 2. The van der Waals surface area contributed by atoms with E-state index >= 15 is 0 Å². The topological polar surface area (TPSA) is 58.1 Å². The summed E-state index contributed by atoms with van der Waals surface area (Å²) < 4.78 is 0. The summed E-state index contributed by atoms with van der Waals surface area (Å²) in [4.78, 5) is 22.3. The average molecular weight is 270 g/mol. The molecule has 0 fully saturated rings. The van der Waals surface area contributed by atoms with Gasteiger partial charge < -0.3 is 5.32 Å². The van der Waals surface area contributed by atoms with Crippen LogP contribution in [-0.2, 0) is 0 Å². The molecule has 0 aliphatic heterocycles. The van der Waals surface area contributed by atoms with Crippen molar-refractivity contribution in [2.24, 2.45) is 0 Å². The van der Waals surface area contributed by atoms with Gasteiger partial charge >= 0.3 is 0 Å². The summed E-state index contributed by atoms with van der Waals surface area (Å²) in [5.74, 6) is 0.514. The van der Waals surface area contributed by atoms with E-state index in [1.807, 2.05) is 12.1 Å². The first-order chi connectivity index (χ1) is 9.74. The Bertz CT molecular complexity index is 571. The maximum Gasteiger partial charge on any atom is 0.261 e. The standard InChI is InChI=1S/C15H18N4O/c1-3-8-17-13-11-16-10-7-12(13)15(20)19(2)14-6-4-5-9-18-14/h4-7,9-11,17H,3,8H2,1-2H3. The SMILES string of the molecule is CCCNc1cnccc1C(=O)N(C)c1ccccn1. The molecule has 0 saturated carbocycles. The number of hydrogen-bond acceptors (Lipinski definition) is 4. The smallest absolute Gasteiger partial charge is 0.261 e. The predicted octanol–water partition coefficient (Wildman–Crippen LogP) is 2.58. The molecule has 2 rings (SSSR count). The van der Waals surface area contributed by atoms with Crippen molar-refractivity contribution in [3.8, 4) is 0 Å². The maximum atomic E-state index is 12.5. The van der Waals surface area contributed by atoms with Crippen LogP contribution in [0.2, 0.25) is 0 Å². The lowest BCUT2D eigenvalue weighted by Crippen LogP contribution is -2.28. The number of pyridine rings is 2. The maximum absolute atomic E-state index is 12.5. The van der Waals surface area contributed by atoms with Crippen molar-refractivity contribution >= 4 is 17.4 Å². The molecule has 5 heteroatoms. The highest BCUT2D eigenvalue weighted by Crippen LogP contribution is 2.18. The van der Waals surface area contributed by atoms with Crippen LogP contribution in [0.4, 0.5) is 11.5 Å². The summed E-state index contributed by atoms with van der Waals surface area (Å²) in [7, 11) is 1.72. The van der Waals surface area contributed by atoms with Gasteiger partial charge in [-0.3, -0.25) is 14.7 Å². The van der Waals surface area contributed by atoms with Gasteiger partial charge in [0.05, 0.1) is 17.4 Å². The molecule has 20 heavy (non-hydrogen) atoms. The Morgan fingerprint density at radius 3 is 2.85 bits per heavy atom. The highest BCUT2D eigenvalue weighted by atomic mass is 16.2. The fourth-order valence-electron chi connectivity index (χ4n) is 1.82. The Hall–Kier alpha value is -2.43. The van der Waals surface area contributed by atoms with Crippen LogP contribution in [-0.4, -0.2) is 29.5 Å². The van der Waals surface area contributed by atoms with Crippen molar-refractivity contribution in [1.82, 2.24) is 9.97 Å². The average Bonchev–Trinajstić information content (AvgIpc) is 2.52. The van der Waals surface area contributed by atoms with Gasteiger partial charge in [-0.05, 0) is 24.6 Å². The second-order valence-corrected chi connectivity index (χ2v) is 4.40. The second kappa shape index (κ2) is 6.65. The number of aromatic nitrogens is 2. The zero-order valence-electron chi connectivity index (χ0n) is 11.7. The molecule has 0 spiro atoms. The molecule has 1 amide bonds. The van der Waals surface area contributed by atoms with E-state index in [4.69, 9.17) is 0 Å². The van der Waals surface area contributed by atoms with E-state index in [0.717, 1.165) is 18.7 Å². The minimum Gasteiger partial charge on any atom is -0.383 e. The van der Waals surface area contributed by atoms with Gasteiger partial charge in [0, 0.05) is 26.0 Å². The molecule has 2 aromatic heterocycles. The summed E-state index contributed by atoms with van der Waals surface area (Å²) in [5.41, 5.74) is 1.35. The monoisotopic (exact) mass is 270 g/mol. The summed E-state index contributed by atoms with van der Waals surface area (Å²) in [6.45, 7) is 2.88. The lowest BCUT2D eigenvalue weighted by Gasteiger charge is -2.18. The van der Waals surface area contributed by atoms with Gasteiger partial charge in [-0.25, -0.2) is 4.98 Å². The fourth-order valence-corrected chi connectivity index (χ4v) is 1.82. The third-order valence-corrected chi connectivity index (χ3v) is 2.91. The Balaban J connectivity index is 2.25. The number of carbonyl (C=O) groups is 1. The third-order valence-electron chi connectivity index (χ3n) is 2.91. The molecule has 5 nitrogen and oxygen atoms in total. The molecule has 0 aliphatic carbocycles. The second-order valence-electron chi connectivity index (χ2n) is 4.40. The molecule has 0 unspecified atom stereocenters. The summed E-state index contributed by atoms with van der Waals surface area (Å²) in [6, 6.07) is 7.20. The molecule has 0 aromatic carbocycles. The molecule has 2 aromatic rings. The molecule has 1 N–H and O–H groups in total. The fraction of sp³-hybridized carbons (Fsp3) is 0.267. The number of amides is 1. The van der Waals surface area contributed by atoms with E-state index in [9.17, 15) is 4.79 Å². The number of hydrogen-bond donors (Lipinski definition) is 1. The molecular weight excluding hydrogens is 252 g/mol. The molecule has 0 atom stereocenters. The minimum absolute atomic E-state index is 0.107. The van der Waals surface area contributed by atoms with Gasteiger partial charge in [0.25, 0.3) is 5.91 Å². The Morgan fingerprint density at radius 2 is 2.15 bits per heavy atom. The van der Waals surface area contributed by atoms with Crippen LogP contribution in [0.15, 0.2) is 42.9 Å². The lowest BCUT2D eigenvalue weighted by atomic mass is 10.2. The van der Waals surface area contributed by atoms with Crippen LogP contribution in [0.1, 0.15) is 23.7 Å². The summed E-state index contributed by atoms with van der Waals surface area (Å²) in [5, 5.41) is 3.22. The molecular formula is C15H18N4O. The number of nitrogens with one attached hydrogen (secondary N) is 1. The van der Waals surface area contributed by atoms with E-state index in [0.29, 0.717) is 11.4 Å². The first-order valence-electron chi connectivity index (χ1n) is 6.61. The Labute approximate surface area is 118 Å². The van der Waals surface area contributed by atoms with Crippen LogP contribution in [0.5, 0.6) is 0 Å². The molecule has 0 radical (unpaired) electrons. The van der Waals surface area contributed by atoms with Crippen molar-refractivity contribution in [1.29, 1.82) is 0 Å². The quantitative estimate of drug-likeness (QED) is 0.907. The van der Waals surface area contributed by atoms with E-state index in [2.05, 4.69) is 22.2 Å². The van der Waals surface area contributed by atoms with Crippen LogP contribution >= 0.6 is 0 Å². The number of carbonyl (C=O) groups excluding carboxylic acids is 1. The highest BCUT2D eigenvalue weighted by molar-refractivity contribution is 6.08. The minimum atomic E-state index is -0.107. The zero-order chi connectivity index (χ0) is 14.4. The van der Waals surface area contributed by atoms with Crippen molar-refractivity contribution in [3.63, 3.8) is 0 Å². The lowest BCUT2D eigenvalue weighted by molar-refractivity contribution is 0.0993. The Kier molecular flexibility index (Phi) is 4.65. The highest BCUT2D eigenvalue weighted by Gasteiger charge is 2.17. The van der Waals surface area contributed by atoms with Crippen molar-refractivity contribution in [2.45, 2.75) is 13.3 Å². The van der Waals surface area contributed by atoms with Gasteiger partial charge in [-0.1, -0.05) is 13.0 Å². The van der Waals surface area contributed by atoms with Gasteiger partial charge in [0.2, 0.25) is 0 Å². The first kappa shape index (κ1) is 14.0. The van der Waals surface area contributed by atoms with E-state index in [-0.39, 0.29) is 5.91 Å².